The number of carbonyl (C=O) groups is 2. The van der Waals surface area contributed by atoms with Crippen molar-refractivity contribution in [1.82, 2.24) is 0 Å². The van der Waals surface area contributed by atoms with Crippen LogP contribution in [0.25, 0.3) is 6.08 Å². The van der Waals surface area contributed by atoms with Crippen molar-refractivity contribution in [1.29, 1.82) is 5.26 Å². The summed E-state index contributed by atoms with van der Waals surface area (Å²) in [5.74, 6) is -0.335. The topological polar surface area (TPSA) is 118 Å². The van der Waals surface area contributed by atoms with Gasteiger partial charge < -0.3 is 24.6 Å². The smallest absolute Gasteiger partial charge is 0.341 e. The van der Waals surface area contributed by atoms with Crippen molar-refractivity contribution in [2.75, 3.05) is 26.1 Å². The maximum atomic E-state index is 12.4. The number of hydrogen-bond acceptors (Lipinski definition) is 6. The van der Waals surface area contributed by atoms with Crippen LogP contribution in [0.4, 0.5) is 5.69 Å². The van der Waals surface area contributed by atoms with E-state index in [1.54, 1.807) is 42.5 Å². The molecule has 0 heterocycles. The monoisotopic (exact) mass is 382 g/mol. The summed E-state index contributed by atoms with van der Waals surface area (Å²) in [6.45, 7) is -0.452. The Labute approximate surface area is 161 Å². The molecule has 2 N–H and O–H groups in total. The number of ether oxygens (including phenoxy) is 3. The lowest BCUT2D eigenvalue weighted by Crippen LogP contribution is -2.13. The summed E-state index contributed by atoms with van der Waals surface area (Å²) in [7, 11) is 2.98. The Morgan fingerprint density at radius 3 is 2.36 bits per heavy atom. The lowest BCUT2D eigenvalue weighted by atomic mass is 10.1. The van der Waals surface area contributed by atoms with Crippen molar-refractivity contribution in [3.8, 4) is 23.3 Å². The molecular weight excluding hydrogens is 364 g/mol. The van der Waals surface area contributed by atoms with Crippen molar-refractivity contribution < 1.29 is 28.9 Å². The fourth-order valence-electron chi connectivity index (χ4n) is 2.23. The lowest BCUT2D eigenvalue weighted by molar-refractivity contribution is -0.139. The van der Waals surface area contributed by atoms with Crippen LogP contribution in [-0.2, 0) is 9.59 Å². The zero-order valence-corrected chi connectivity index (χ0v) is 15.3. The van der Waals surface area contributed by atoms with Gasteiger partial charge in [0.2, 0.25) is 0 Å². The number of carbonyl (C=O) groups excluding carboxylic acids is 1. The first-order valence-corrected chi connectivity index (χ1v) is 8.06. The van der Waals surface area contributed by atoms with Crippen LogP contribution in [0.3, 0.4) is 0 Å². The average Bonchev–Trinajstić information content (AvgIpc) is 2.71. The molecular formula is C20H18N2O6. The van der Waals surface area contributed by atoms with Crippen molar-refractivity contribution in [2.24, 2.45) is 0 Å². The van der Waals surface area contributed by atoms with Crippen LogP contribution in [0.2, 0.25) is 0 Å². The van der Waals surface area contributed by atoms with E-state index in [1.807, 2.05) is 6.07 Å². The van der Waals surface area contributed by atoms with Crippen LogP contribution in [0.1, 0.15) is 5.56 Å². The highest BCUT2D eigenvalue weighted by molar-refractivity contribution is 6.09. The highest BCUT2D eigenvalue weighted by atomic mass is 16.5. The third kappa shape index (κ3) is 5.51. The highest BCUT2D eigenvalue weighted by Crippen LogP contribution is 2.30. The molecule has 0 fully saturated rings. The van der Waals surface area contributed by atoms with Gasteiger partial charge in [-0.1, -0.05) is 12.1 Å². The van der Waals surface area contributed by atoms with E-state index in [2.05, 4.69) is 5.32 Å². The summed E-state index contributed by atoms with van der Waals surface area (Å²) >= 11 is 0. The lowest BCUT2D eigenvalue weighted by Gasteiger charge is -2.10. The largest absolute Gasteiger partial charge is 0.493 e. The number of nitrogens with zero attached hydrogens (tertiary/aromatic N) is 1. The molecule has 0 radical (unpaired) electrons. The summed E-state index contributed by atoms with van der Waals surface area (Å²) in [6, 6.07) is 13.0. The van der Waals surface area contributed by atoms with Gasteiger partial charge in [-0.3, -0.25) is 4.79 Å². The number of carboxylic acid groups (broad SMARTS) is 1. The van der Waals surface area contributed by atoms with Gasteiger partial charge in [0, 0.05) is 11.8 Å². The minimum atomic E-state index is -1.08. The van der Waals surface area contributed by atoms with E-state index in [-0.39, 0.29) is 5.57 Å². The van der Waals surface area contributed by atoms with Gasteiger partial charge in [-0.15, -0.1) is 0 Å². The van der Waals surface area contributed by atoms with Gasteiger partial charge in [0.15, 0.2) is 18.1 Å². The van der Waals surface area contributed by atoms with Crippen LogP contribution < -0.4 is 19.5 Å². The van der Waals surface area contributed by atoms with Gasteiger partial charge in [-0.05, 0) is 35.9 Å². The van der Waals surface area contributed by atoms with Crippen molar-refractivity contribution >= 4 is 23.6 Å². The summed E-state index contributed by atoms with van der Waals surface area (Å²) < 4.78 is 15.4. The average molecular weight is 382 g/mol. The van der Waals surface area contributed by atoms with Gasteiger partial charge >= 0.3 is 5.97 Å². The molecule has 0 saturated carbocycles. The first kappa shape index (κ1) is 20.3. The molecule has 144 valence electrons. The molecule has 0 aliphatic carbocycles. The zero-order valence-electron chi connectivity index (χ0n) is 15.3. The molecule has 2 aromatic carbocycles. The Hall–Kier alpha value is -3.99. The molecule has 1 amide bonds. The van der Waals surface area contributed by atoms with E-state index in [0.29, 0.717) is 28.5 Å². The Morgan fingerprint density at radius 2 is 1.79 bits per heavy atom. The summed E-state index contributed by atoms with van der Waals surface area (Å²) in [4.78, 5) is 22.9. The van der Waals surface area contributed by atoms with Crippen LogP contribution in [0.5, 0.6) is 17.2 Å². The highest BCUT2D eigenvalue weighted by Gasteiger charge is 2.12. The minimum absolute atomic E-state index is 0.103. The number of methoxy groups -OCH3 is 2. The number of nitrogens with one attached hydrogen (secondary N) is 1. The molecule has 8 nitrogen and oxygen atoms in total. The van der Waals surface area contributed by atoms with Crippen molar-refractivity contribution in [2.45, 2.75) is 0 Å². The molecule has 0 atom stereocenters. The molecule has 2 rings (SSSR count). The van der Waals surface area contributed by atoms with Gasteiger partial charge in [0.25, 0.3) is 5.91 Å². The number of nitriles is 1. The first-order valence-electron chi connectivity index (χ1n) is 8.06. The van der Waals surface area contributed by atoms with Gasteiger partial charge in [-0.2, -0.15) is 5.26 Å². The predicted octanol–water partition coefficient (Wildman–Crippen LogP) is 2.71. The molecule has 0 spiro atoms. The minimum Gasteiger partial charge on any atom is -0.493 e. The summed E-state index contributed by atoms with van der Waals surface area (Å²) in [6.07, 6.45) is 1.41. The second-order valence-electron chi connectivity index (χ2n) is 5.45. The van der Waals surface area contributed by atoms with Crippen LogP contribution >= 0.6 is 0 Å². The molecule has 0 bridgehead atoms. The van der Waals surface area contributed by atoms with Crippen LogP contribution in [0, 0.1) is 11.3 Å². The first-order chi connectivity index (χ1) is 13.5. The molecule has 2 aromatic rings. The molecule has 0 unspecified atom stereocenters. The standard InChI is InChI=1S/C20H18N2O6/c1-26-17-8-5-15(10-18(17)27-2)22-20(25)14(11-21)9-13-3-6-16(7-4-13)28-12-19(23)24/h3-10H,12H2,1-2H3,(H,22,25)(H,23,24)/b14-9+. The van der Waals surface area contributed by atoms with Crippen molar-refractivity contribution in [3.63, 3.8) is 0 Å². The van der Waals surface area contributed by atoms with E-state index in [0.717, 1.165) is 0 Å². The third-order valence-corrected chi connectivity index (χ3v) is 3.56. The zero-order chi connectivity index (χ0) is 20.5. The fraction of sp³-hybridized carbons (Fsp3) is 0.150. The Bertz CT molecular complexity index is 929. The second-order valence-corrected chi connectivity index (χ2v) is 5.45. The maximum Gasteiger partial charge on any atom is 0.341 e. The van der Waals surface area contributed by atoms with Gasteiger partial charge in [0.05, 0.1) is 14.2 Å². The quantitative estimate of drug-likeness (QED) is 0.532. The van der Waals surface area contributed by atoms with Crippen LogP contribution in [0.15, 0.2) is 48.0 Å². The predicted molar refractivity (Wildman–Crippen MR) is 101 cm³/mol. The summed E-state index contributed by atoms with van der Waals surface area (Å²) in [5, 5.41) is 20.5. The number of carboxylic acids is 1. The fourth-order valence-corrected chi connectivity index (χ4v) is 2.23. The second kappa shape index (κ2) is 9.64. The molecule has 0 aromatic heterocycles. The van der Waals surface area contributed by atoms with E-state index >= 15 is 0 Å². The number of amides is 1. The normalized spacial score (nSPS) is 10.5. The maximum absolute atomic E-state index is 12.4. The molecule has 0 aliphatic rings. The number of anilines is 1. The Balaban J connectivity index is 2.12. The molecule has 0 aliphatic heterocycles. The van der Waals surface area contributed by atoms with Crippen LogP contribution in [-0.4, -0.2) is 37.8 Å². The number of benzene rings is 2. The van der Waals surface area contributed by atoms with Gasteiger partial charge in [0.1, 0.15) is 17.4 Å². The number of hydrogen-bond donors (Lipinski definition) is 2. The SMILES string of the molecule is COc1ccc(NC(=O)/C(C#N)=C/c2ccc(OCC(=O)O)cc2)cc1OC. The number of rotatable bonds is 8. The molecule has 28 heavy (non-hydrogen) atoms. The Morgan fingerprint density at radius 1 is 1.11 bits per heavy atom. The Kier molecular flexibility index (Phi) is 6.99. The summed E-state index contributed by atoms with van der Waals surface area (Å²) in [5.41, 5.74) is 0.928. The number of aliphatic carboxylic acids is 1. The van der Waals surface area contributed by atoms with Gasteiger partial charge in [-0.25, -0.2) is 4.79 Å². The van der Waals surface area contributed by atoms with Crippen molar-refractivity contribution in [3.05, 3.63) is 53.6 Å². The molecule has 0 saturated heterocycles. The van der Waals surface area contributed by atoms with E-state index in [4.69, 9.17) is 19.3 Å². The van der Waals surface area contributed by atoms with E-state index in [1.165, 1.54) is 20.3 Å². The third-order valence-electron chi connectivity index (χ3n) is 3.56. The van der Waals surface area contributed by atoms with E-state index < -0.39 is 18.5 Å². The van der Waals surface area contributed by atoms with E-state index in [9.17, 15) is 14.9 Å². The molecule has 8 heteroatoms.